The minimum atomic E-state index is -1.18. The molecule has 200 valence electrons. The lowest BCUT2D eigenvalue weighted by Gasteiger charge is -2.38. The van der Waals surface area contributed by atoms with Gasteiger partial charge in [0.25, 0.3) is 5.91 Å². The van der Waals surface area contributed by atoms with Gasteiger partial charge in [-0.25, -0.2) is 13.2 Å². The number of carbonyl (C=O) groups is 2. The average molecular weight is 529 g/mol. The fourth-order valence-corrected chi connectivity index (χ4v) is 4.74. The van der Waals surface area contributed by atoms with Gasteiger partial charge in [-0.1, -0.05) is 5.16 Å². The van der Waals surface area contributed by atoms with E-state index < -0.39 is 40.9 Å². The first-order chi connectivity index (χ1) is 18.3. The Hall–Kier alpha value is -3.80. The van der Waals surface area contributed by atoms with E-state index in [1.165, 1.54) is 12.8 Å². The second-order valence-corrected chi connectivity index (χ2v) is 9.86. The predicted molar refractivity (Wildman–Crippen MR) is 129 cm³/mol. The van der Waals surface area contributed by atoms with Gasteiger partial charge in [0.15, 0.2) is 11.5 Å². The lowest BCUT2D eigenvalue weighted by Crippen LogP contribution is -2.56. The molecule has 12 heteroatoms. The predicted octanol–water partition coefficient (Wildman–Crippen LogP) is 3.26. The number of rotatable bonds is 8. The van der Waals surface area contributed by atoms with Crippen molar-refractivity contribution in [3.05, 3.63) is 65.6 Å². The summed E-state index contributed by atoms with van der Waals surface area (Å²) < 4.78 is 46.6. The molecule has 1 saturated carbocycles. The third-order valence-corrected chi connectivity index (χ3v) is 6.95. The normalized spacial score (nSPS) is 20.6. The first-order valence-corrected chi connectivity index (χ1v) is 12.5. The number of halogens is 3. The zero-order valence-corrected chi connectivity index (χ0v) is 20.7. The first kappa shape index (κ1) is 25.8. The molecule has 2 aliphatic rings. The summed E-state index contributed by atoms with van der Waals surface area (Å²) in [7, 11) is 0. The number of hydrogen-bond donors (Lipinski definition) is 2. The summed E-state index contributed by atoms with van der Waals surface area (Å²) in [5, 5.41) is 9.46. The number of likely N-dealkylation sites (tertiary alicyclic amines) is 1. The number of nitrogens with zero attached hydrogens (tertiary/aromatic N) is 4. The van der Waals surface area contributed by atoms with Gasteiger partial charge < -0.3 is 20.1 Å². The van der Waals surface area contributed by atoms with Crippen molar-refractivity contribution in [2.75, 3.05) is 19.6 Å². The molecule has 2 aromatic heterocycles. The molecule has 2 amide bonds. The Labute approximate surface area is 216 Å². The molecule has 9 nitrogen and oxygen atoms in total. The Balaban J connectivity index is 1.30. The van der Waals surface area contributed by atoms with Crippen LogP contribution in [0.1, 0.15) is 48.4 Å². The van der Waals surface area contributed by atoms with Crippen molar-refractivity contribution in [3.8, 4) is 11.3 Å². The molecule has 3 aromatic rings. The summed E-state index contributed by atoms with van der Waals surface area (Å²) in [5.74, 6) is -4.57. The maximum atomic E-state index is 14.2. The van der Waals surface area contributed by atoms with Gasteiger partial charge in [-0.3, -0.25) is 19.6 Å². The van der Waals surface area contributed by atoms with Crippen LogP contribution >= 0.6 is 0 Å². The highest BCUT2D eigenvalue weighted by Crippen LogP contribution is 2.32. The van der Waals surface area contributed by atoms with Gasteiger partial charge in [-0.05, 0) is 32.1 Å². The van der Waals surface area contributed by atoms with Crippen LogP contribution in [0.2, 0.25) is 0 Å². The van der Waals surface area contributed by atoms with Gasteiger partial charge >= 0.3 is 0 Å². The van der Waals surface area contributed by atoms with Crippen LogP contribution in [0.25, 0.3) is 11.3 Å². The van der Waals surface area contributed by atoms with Crippen LogP contribution in [0.3, 0.4) is 0 Å². The van der Waals surface area contributed by atoms with Gasteiger partial charge in [0.1, 0.15) is 17.5 Å². The number of amides is 2. The van der Waals surface area contributed by atoms with Gasteiger partial charge in [-0.2, -0.15) is 0 Å². The highest BCUT2D eigenvalue weighted by molar-refractivity contribution is 5.94. The molecule has 1 aromatic carbocycles. The van der Waals surface area contributed by atoms with E-state index in [0.717, 1.165) is 12.6 Å². The van der Waals surface area contributed by atoms with Crippen LogP contribution in [0.15, 0.2) is 41.3 Å². The standard InChI is InChI=1S/C26H27F3N6O3/c1-14(22-11-30-5-6-31-22)32-25(36)17-13-35(12-15-2-3-15)7-4-20(17)33-26(37)21-10-23(38-34-21)24-18(28)8-16(27)9-19(24)29/h5-6,8-11,14-15,17,20H,2-4,7,12-13H2,1H3,(H,32,36)(H,33,37)/t14-,17-,20-/m1/s1. The lowest BCUT2D eigenvalue weighted by atomic mass is 9.90. The van der Waals surface area contributed by atoms with Crippen LogP contribution in [-0.4, -0.2) is 57.5 Å². The number of nitrogens with one attached hydrogen (secondary N) is 2. The summed E-state index contributed by atoms with van der Waals surface area (Å²) >= 11 is 0. The van der Waals surface area contributed by atoms with Gasteiger partial charge in [0, 0.05) is 56.3 Å². The second kappa shape index (κ2) is 10.9. The van der Waals surface area contributed by atoms with Crippen molar-refractivity contribution >= 4 is 11.8 Å². The summed E-state index contributed by atoms with van der Waals surface area (Å²) in [5.41, 5.74) is -0.223. The van der Waals surface area contributed by atoms with Crippen molar-refractivity contribution < 1.29 is 27.3 Å². The summed E-state index contributed by atoms with van der Waals surface area (Å²) in [4.78, 5) is 36.9. The molecule has 1 aliphatic heterocycles. The first-order valence-electron chi connectivity index (χ1n) is 12.5. The molecule has 5 rings (SSSR count). The van der Waals surface area contributed by atoms with Crippen LogP contribution < -0.4 is 10.6 Å². The van der Waals surface area contributed by atoms with Gasteiger partial charge in [0.05, 0.1) is 29.4 Å². The molecule has 3 atom stereocenters. The quantitative estimate of drug-likeness (QED) is 0.462. The van der Waals surface area contributed by atoms with Crippen molar-refractivity contribution in [1.82, 2.24) is 30.7 Å². The van der Waals surface area contributed by atoms with Crippen LogP contribution in [0.4, 0.5) is 13.2 Å². The molecule has 1 saturated heterocycles. The van der Waals surface area contributed by atoms with E-state index in [0.29, 0.717) is 43.3 Å². The zero-order valence-electron chi connectivity index (χ0n) is 20.7. The maximum absolute atomic E-state index is 14.2. The third kappa shape index (κ3) is 5.85. The number of piperidine rings is 1. The van der Waals surface area contributed by atoms with Crippen LogP contribution in [0.5, 0.6) is 0 Å². The Morgan fingerprint density at radius 3 is 2.58 bits per heavy atom. The maximum Gasteiger partial charge on any atom is 0.273 e. The topological polar surface area (TPSA) is 113 Å². The fourth-order valence-electron chi connectivity index (χ4n) is 4.74. The minimum absolute atomic E-state index is 0.212. The molecule has 0 bridgehead atoms. The molecular formula is C26H27F3N6O3. The van der Waals surface area contributed by atoms with E-state index in [1.54, 1.807) is 18.6 Å². The van der Waals surface area contributed by atoms with E-state index in [1.807, 2.05) is 6.92 Å². The lowest BCUT2D eigenvalue weighted by molar-refractivity contribution is -0.128. The summed E-state index contributed by atoms with van der Waals surface area (Å²) in [6, 6.07) is 1.22. The van der Waals surface area contributed by atoms with Crippen molar-refractivity contribution in [1.29, 1.82) is 0 Å². The van der Waals surface area contributed by atoms with E-state index in [2.05, 4.69) is 30.7 Å². The fraction of sp³-hybridized carbons (Fsp3) is 0.423. The third-order valence-electron chi connectivity index (χ3n) is 6.95. The molecule has 3 heterocycles. The van der Waals surface area contributed by atoms with Gasteiger partial charge in [-0.15, -0.1) is 0 Å². The highest BCUT2D eigenvalue weighted by Gasteiger charge is 2.38. The highest BCUT2D eigenvalue weighted by atomic mass is 19.1. The monoisotopic (exact) mass is 528 g/mol. The average Bonchev–Trinajstić information content (AvgIpc) is 3.57. The number of hydrogen-bond acceptors (Lipinski definition) is 7. The molecule has 2 N–H and O–H groups in total. The Bertz CT molecular complexity index is 1290. The van der Waals surface area contributed by atoms with Crippen molar-refractivity contribution in [2.24, 2.45) is 11.8 Å². The SMILES string of the molecule is C[C@@H](NC(=O)[C@@H]1CN(CC2CC2)CC[C@H]1NC(=O)c1cc(-c2c(F)cc(F)cc2F)on1)c1cnccn1. The Kier molecular flexibility index (Phi) is 7.41. The van der Waals surface area contributed by atoms with Crippen LogP contribution in [-0.2, 0) is 4.79 Å². The molecule has 0 spiro atoms. The number of carbonyl (C=O) groups excluding carboxylic acids is 2. The van der Waals surface area contributed by atoms with E-state index in [9.17, 15) is 22.8 Å². The smallest absolute Gasteiger partial charge is 0.273 e. The number of benzene rings is 1. The largest absolute Gasteiger partial charge is 0.355 e. The Morgan fingerprint density at radius 2 is 1.89 bits per heavy atom. The summed E-state index contributed by atoms with van der Waals surface area (Å²) in [6.45, 7) is 3.90. The van der Waals surface area contributed by atoms with E-state index in [-0.39, 0.29) is 23.4 Å². The van der Waals surface area contributed by atoms with E-state index in [4.69, 9.17) is 4.52 Å². The number of aromatic nitrogens is 3. The molecule has 1 aliphatic carbocycles. The zero-order chi connectivity index (χ0) is 26.8. The van der Waals surface area contributed by atoms with Crippen molar-refractivity contribution in [3.63, 3.8) is 0 Å². The molecule has 0 radical (unpaired) electrons. The molecule has 38 heavy (non-hydrogen) atoms. The van der Waals surface area contributed by atoms with Gasteiger partial charge in [0.2, 0.25) is 5.91 Å². The van der Waals surface area contributed by atoms with Crippen LogP contribution in [0, 0.1) is 29.3 Å². The van der Waals surface area contributed by atoms with Crippen molar-refractivity contribution in [2.45, 2.75) is 38.3 Å². The Morgan fingerprint density at radius 1 is 1.13 bits per heavy atom. The summed E-state index contributed by atoms with van der Waals surface area (Å²) in [6.07, 6.45) is 7.58. The van der Waals surface area contributed by atoms with E-state index >= 15 is 0 Å². The molecule has 0 unspecified atom stereocenters. The minimum Gasteiger partial charge on any atom is -0.355 e. The molecular weight excluding hydrogens is 501 g/mol. The molecule has 2 fully saturated rings. The second-order valence-electron chi connectivity index (χ2n) is 9.86.